The lowest BCUT2D eigenvalue weighted by molar-refractivity contribution is -0.139. The molecule has 0 aromatic carbocycles. The molecule has 1 heterocycles. The Bertz CT molecular complexity index is 622. The highest BCUT2D eigenvalue weighted by atomic mass is 32.2. The van der Waals surface area contributed by atoms with Crippen LogP contribution in [0.15, 0.2) is 9.72 Å². The number of aliphatic carboxylic acids is 1. The van der Waals surface area contributed by atoms with Crippen molar-refractivity contribution in [2.75, 3.05) is 7.11 Å². The molecule has 0 spiro atoms. The van der Waals surface area contributed by atoms with Crippen LogP contribution in [0.25, 0.3) is 0 Å². The van der Waals surface area contributed by atoms with Crippen molar-refractivity contribution in [3.8, 4) is 0 Å². The Kier molecular flexibility index (Phi) is 5.81. The number of ether oxygens (including phenoxy) is 1. The number of carbonyl (C=O) groups is 2. The second kappa shape index (κ2) is 6.96. The number of carboxylic acid groups (broad SMARTS) is 1. The van der Waals surface area contributed by atoms with Gasteiger partial charge in [-0.3, -0.25) is 4.79 Å². The van der Waals surface area contributed by atoms with Gasteiger partial charge in [-0.1, -0.05) is 13.8 Å². The van der Waals surface area contributed by atoms with E-state index in [1.807, 2.05) is 0 Å². The zero-order valence-electron chi connectivity index (χ0n) is 11.7. The maximum Gasteiger partial charge on any atom is 0.358 e. The zero-order valence-corrected chi connectivity index (χ0v) is 13.3. The van der Waals surface area contributed by atoms with Crippen molar-refractivity contribution in [3.05, 3.63) is 11.2 Å². The molecule has 21 heavy (non-hydrogen) atoms. The number of carbonyl (C=O) groups excluding carboxylic acids is 1. The molecule has 0 aliphatic rings. The third-order valence-corrected chi connectivity index (χ3v) is 5.30. The fraction of sp³-hybridized carbons (Fsp3) is 0.545. The maximum absolute atomic E-state index is 12.2. The summed E-state index contributed by atoms with van der Waals surface area (Å²) in [5.74, 6) is -2.20. The predicted octanol–water partition coefficient (Wildman–Crippen LogP) is 0.707. The molecule has 0 unspecified atom stereocenters. The minimum Gasteiger partial charge on any atom is -0.480 e. The summed E-state index contributed by atoms with van der Waals surface area (Å²) in [4.78, 5) is 26.2. The van der Waals surface area contributed by atoms with Crippen molar-refractivity contribution in [1.82, 2.24) is 9.71 Å². The summed E-state index contributed by atoms with van der Waals surface area (Å²) in [7, 11) is -3.07. The zero-order chi connectivity index (χ0) is 16.2. The van der Waals surface area contributed by atoms with E-state index in [2.05, 4.69) is 14.4 Å². The van der Waals surface area contributed by atoms with Crippen molar-refractivity contribution in [2.24, 2.45) is 5.92 Å². The van der Waals surface area contributed by atoms with Crippen LogP contribution in [0.3, 0.4) is 0 Å². The molecule has 0 radical (unpaired) electrons. The highest BCUT2D eigenvalue weighted by Crippen LogP contribution is 2.21. The quantitative estimate of drug-likeness (QED) is 0.703. The molecule has 0 aliphatic carbocycles. The van der Waals surface area contributed by atoms with Crippen LogP contribution in [0.4, 0.5) is 0 Å². The number of esters is 1. The van der Waals surface area contributed by atoms with E-state index in [1.54, 1.807) is 13.8 Å². The fourth-order valence-corrected chi connectivity index (χ4v) is 3.92. The van der Waals surface area contributed by atoms with E-state index in [0.717, 1.165) is 18.4 Å². The average molecular weight is 336 g/mol. The van der Waals surface area contributed by atoms with E-state index >= 15 is 0 Å². The molecule has 1 rings (SSSR count). The Morgan fingerprint density at radius 3 is 2.57 bits per heavy atom. The minimum atomic E-state index is -4.17. The van der Waals surface area contributed by atoms with Crippen LogP contribution in [0.5, 0.6) is 0 Å². The Hall–Kier alpha value is -1.52. The molecule has 0 saturated heterocycles. The van der Waals surface area contributed by atoms with Crippen molar-refractivity contribution in [1.29, 1.82) is 0 Å². The lowest BCUT2D eigenvalue weighted by Gasteiger charge is -2.16. The molecule has 10 heteroatoms. The van der Waals surface area contributed by atoms with Gasteiger partial charge in [0.05, 0.1) is 12.6 Å². The number of hydrogen-bond donors (Lipinski definition) is 2. The normalized spacial score (nSPS) is 13.1. The standard InChI is InChI=1S/C11H16N2O6S2/c1-6(2)4-7(9(14)15)13-21(17,18)11-8(10(16)19-3)12-5-20-11/h5-7,13H,4H2,1-3H3,(H,14,15)/t7-/m1/s1. The van der Waals surface area contributed by atoms with E-state index in [0.29, 0.717) is 0 Å². The summed E-state index contributed by atoms with van der Waals surface area (Å²) in [6.07, 6.45) is 0.126. The van der Waals surface area contributed by atoms with Crippen LogP contribution in [-0.4, -0.2) is 43.6 Å². The highest BCUT2D eigenvalue weighted by molar-refractivity contribution is 7.91. The van der Waals surface area contributed by atoms with Crippen molar-refractivity contribution in [2.45, 2.75) is 30.5 Å². The summed E-state index contributed by atoms with van der Waals surface area (Å²) in [5, 5.41) is 9.08. The third kappa shape index (κ3) is 4.48. The molecule has 1 atom stereocenters. The van der Waals surface area contributed by atoms with Crippen LogP contribution in [0, 0.1) is 5.92 Å². The monoisotopic (exact) mass is 336 g/mol. The Labute approximate surface area is 126 Å². The molecule has 2 N–H and O–H groups in total. The number of hydrogen-bond acceptors (Lipinski definition) is 7. The van der Waals surface area contributed by atoms with Gasteiger partial charge < -0.3 is 9.84 Å². The fourth-order valence-electron chi connectivity index (χ4n) is 1.57. The van der Waals surface area contributed by atoms with Crippen molar-refractivity contribution < 1.29 is 27.9 Å². The smallest absolute Gasteiger partial charge is 0.358 e. The molecule has 1 aromatic heterocycles. The second-order valence-corrected chi connectivity index (χ2v) is 7.39. The van der Waals surface area contributed by atoms with Gasteiger partial charge in [-0.2, -0.15) is 4.72 Å². The van der Waals surface area contributed by atoms with Gasteiger partial charge in [0.2, 0.25) is 0 Å². The first-order valence-corrected chi connectivity index (χ1v) is 8.32. The van der Waals surface area contributed by atoms with Gasteiger partial charge >= 0.3 is 11.9 Å². The van der Waals surface area contributed by atoms with Crippen molar-refractivity contribution in [3.63, 3.8) is 0 Å². The lowest BCUT2D eigenvalue weighted by Crippen LogP contribution is -2.41. The highest BCUT2D eigenvalue weighted by Gasteiger charge is 2.31. The van der Waals surface area contributed by atoms with Crippen LogP contribution in [0.1, 0.15) is 30.8 Å². The molecule has 0 amide bonds. The Morgan fingerprint density at radius 2 is 2.10 bits per heavy atom. The first-order chi connectivity index (χ1) is 9.69. The van der Waals surface area contributed by atoms with E-state index in [4.69, 9.17) is 5.11 Å². The third-order valence-electron chi connectivity index (χ3n) is 2.46. The van der Waals surface area contributed by atoms with E-state index in [1.165, 1.54) is 5.51 Å². The minimum absolute atomic E-state index is 0.0182. The lowest BCUT2D eigenvalue weighted by atomic mass is 10.1. The van der Waals surface area contributed by atoms with Gasteiger partial charge in [-0.15, -0.1) is 11.3 Å². The Balaban J connectivity index is 3.08. The molecule has 118 valence electrons. The number of sulfonamides is 1. The first kappa shape index (κ1) is 17.5. The molecular weight excluding hydrogens is 320 g/mol. The summed E-state index contributed by atoms with van der Waals surface area (Å²) in [6, 6.07) is -1.28. The average Bonchev–Trinajstić information content (AvgIpc) is 2.86. The molecule has 1 aromatic rings. The number of thiazole rings is 1. The van der Waals surface area contributed by atoms with Gasteiger partial charge in [0.25, 0.3) is 10.0 Å². The second-order valence-electron chi connectivity index (χ2n) is 4.62. The maximum atomic E-state index is 12.2. The van der Waals surface area contributed by atoms with Gasteiger partial charge in [-0.25, -0.2) is 18.2 Å². The van der Waals surface area contributed by atoms with E-state index in [-0.39, 0.29) is 22.2 Å². The molecule has 0 saturated carbocycles. The number of carboxylic acids is 1. The summed E-state index contributed by atoms with van der Waals surface area (Å²) >= 11 is 0.717. The predicted molar refractivity (Wildman–Crippen MR) is 74.7 cm³/mol. The molecular formula is C11H16N2O6S2. The SMILES string of the molecule is COC(=O)c1ncsc1S(=O)(=O)N[C@H](CC(C)C)C(=O)O. The van der Waals surface area contributed by atoms with Gasteiger partial charge in [0.15, 0.2) is 9.90 Å². The van der Waals surface area contributed by atoms with Crippen LogP contribution in [0.2, 0.25) is 0 Å². The van der Waals surface area contributed by atoms with Gasteiger partial charge in [-0.05, 0) is 12.3 Å². The van der Waals surface area contributed by atoms with Crippen LogP contribution < -0.4 is 4.72 Å². The van der Waals surface area contributed by atoms with Crippen LogP contribution in [-0.2, 0) is 19.6 Å². The summed E-state index contributed by atoms with van der Waals surface area (Å²) in [5.41, 5.74) is 0.822. The summed E-state index contributed by atoms with van der Waals surface area (Å²) in [6.45, 7) is 3.55. The molecule has 8 nitrogen and oxygen atoms in total. The Morgan fingerprint density at radius 1 is 1.48 bits per heavy atom. The first-order valence-electron chi connectivity index (χ1n) is 5.96. The van der Waals surface area contributed by atoms with Crippen LogP contribution >= 0.6 is 11.3 Å². The molecule has 0 fully saturated rings. The number of nitrogens with one attached hydrogen (secondary N) is 1. The van der Waals surface area contributed by atoms with Gasteiger partial charge in [0.1, 0.15) is 6.04 Å². The number of methoxy groups -OCH3 is 1. The topological polar surface area (TPSA) is 123 Å². The molecule has 0 bridgehead atoms. The van der Waals surface area contributed by atoms with Gasteiger partial charge in [0, 0.05) is 0 Å². The summed E-state index contributed by atoms with van der Waals surface area (Å²) < 4.78 is 30.6. The number of rotatable bonds is 7. The van der Waals surface area contributed by atoms with Crippen molar-refractivity contribution >= 4 is 33.3 Å². The van der Waals surface area contributed by atoms with E-state index < -0.39 is 28.0 Å². The largest absolute Gasteiger partial charge is 0.480 e. The molecule has 0 aliphatic heterocycles. The number of aromatic nitrogens is 1. The van der Waals surface area contributed by atoms with E-state index in [9.17, 15) is 18.0 Å². The number of nitrogens with zero attached hydrogens (tertiary/aromatic N) is 1.